The van der Waals surface area contributed by atoms with Gasteiger partial charge in [-0.15, -0.1) is 6.42 Å². The first kappa shape index (κ1) is 26.9. The number of allylic oxidation sites excluding steroid dienone is 1. The lowest BCUT2D eigenvalue weighted by Crippen LogP contribution is -2.40. The number of aromatic nitrogens is 1. The third-order valence-electron chi connectivity index (χ3n) is 5.58. The molecule has 10 heteroatoms. The lowest BCUT2D eigenvalue weighted by atomic mass is 9.96. The van der Waals surface area contributed by atoms with E-state index < -0.39 is 12.0 Å². The number of hydrogen-bond donors (Lipinski definition) is 0. The van der Waals surface area contributed by atoms with Crippen molar-refractivity contribution in [2.75, 3.05) is 20.3 Å². The monoisotopic (exact) mass is 644 g/mol. The number of hydrogen-bond acceptors (Lipinski definition) is 7. The zero-order valence-electron chi connectivity index (χ0n) is 20.2. The van der Waals surface area contributed by atoms with Crippen molar-refractivity contribution >= 4 is 55.2 Å². The molecule has 1 aliphatic rings. The second-order valence-electron chi connectivity index (χ2n) is 7.87. The molecule has 0 aliphatic carbocycles. The number of carbonyl (C=O) groups excluding carboxylic acids is 1. The molecule has 0 saturated carbocycles. The Balaban J connectivity index is 1.96. The number of methoxy groups -OCH3 is 1. The summed E-state index contributed by atoms with van der Waals surface area (Å²) in [5.74, 6) is 3.11. The summed E-state index contributed by atoms with van der Waals surface area (Å²) in [6, 6.07) is 10.2. The van der Waals surface area contributed by atoms with Gasteiger partial charge < -0.3 is 14.2 Å². The number of esters is 1. The molecule has 37 heavy (non-hydrogen) atoms. The lowest BCUT2D eigenvalue weighted by Gasteiger charge is -2.25. The predicted octanol–water partition coefficient (Wildman–Crippen LogP) is 4.34. The van der Waals surface area contributed by atoms with E-state index >= 15 is 0 Å². The summed E-state index contributed by atoms with van der Waals surface area (Å²) in [5, 5.41) is 0. The Morgan fingerprint density at radius 1 is 1.24 bits per heavy atom. The summed E-state index contributed by atoms with van der Waals surface area (Å²) in [5.41, 5.74) is 1.89. The minimum absolute atomic E-state index is 0.0954. The van der Waals surface area contributed by atoms with Crippen LogP contribution in [0.25, 0.3) is 6.08 Å². The van der Waals surface area contributed by atoms with Gasteiger partial charge in [-0.25, -0.2) is 9.79 Å². The molecule has 2 aromatic carbocycles. The van der Waals surface area contributed by atoms with E-state index in [4.69, 9.17) is 20.6 Å². The van der Waals surface area contributed by atoms with E-state index in [0.29, 0.717) is 47.7 Å². The van der Waals surface area contributed by atoms with E-state index in [1.807, 2.05) is 24.3 Å². The van der Waals surface area contributed by atoms with Crippen LogP contribution in [-0.2, 0) is 9.53 Å². The normalized spacial score (nSPS) is 15.0. The molecule has 2 heterocycles. The van der Waals surface area contributed by atoms with Gasteiger partial charge in [0.25, 0.3) is 5.56 Å². The van der Waals surface area contributed by atoms with Crippen molar-refractivity contribution < 1.29 is 19.0 Å². The van der Waals surface area contributed by atoms with Gasteiger partial charge in [-0.2, -0.15) is 0 Å². The van der Waals surface area contributed by atoms with Gasteiger partial charge in [-0.1, -0.05) is 39.3 Å². The number of terminal acetylenes is 1. The fraction of sp³-hybridized carbons (Fsp3) is 0.222. The molecule has 0 spiro atoms. The number of thiazole rings is 1. The number of benzene rings is 2. The Morgan fingerprint density at radius 2 is 2.00 bits per heavy atom. The van der Waals surface area contributed by atoms with E-state index in [2.05, 4.69) is 42.8 Å². The highest BCUT2D eigenvalue weighted by Gasteiger charge is 2.33. The first-order chi connectivity index (χ1) is 17.8. The molecule has 0 amide bonds. The van der Waals surface area contributed by atoms with Crippen LogP contribution in [0.3, 0.4) is 0 Å². The first-order valence-electron chi connectivity index (χ1n) is 11.2. The molecule has 4 rings (SSSR count). The van der Waals surface area contributed by atoms with Crippen LogP contribution in [0.4, 0.5) is 0 Å². The molecule has 1 aromatic heterocycles. The van der Waals surface area contributed by atoms with Crippen molar-refractivity contribution in [3.63, 3.8) is 0 Å². The Bertz CT molecular complexity index is 1630. The highest BCUT2D eigenvalue weighted by atomic mass is 79.9. The third-order valence-corrected chi connectivity index (χ3v) is 7.67. The largest absolute Gasteiger partial charge is 0.496 e. The second kappa shape index (κ2) is 11.5. The predicted molar refractivity (Wildman–Crippen MR) is 150 cm³/mol. The maximum absolute atomic E-state index is 13.8. The Morgan fingerprint density at radius 3 is 2.68 bits per heavy atom. The quantitative estimate of drug-likeness (QED) is 0.282. The molecule has 190 valence electrons. The molecule has 1 atom stereocenters. The fourth-order valence-corrected chi connectivity index (χ4v) is 5.96. The van der Waals surface area contributed by atoms with Crippen molar-refractivity contribution in [1.29, 1.82) is 0 Å². The number of carbonyl (C=O) groups is 1. The molecule has 0 unspecified atom stereocenters. The van der Waals surface area contributed by atoms with Crippen LogP contribution in [0.2, 0.25) is 0 Å². The van der Waals surface area contributed by atoms with Gasteiger partial charge in [0.05, 0.1) is 40.0 Å². The minimum Gasteiger partial charge on any atom is -0.496 e. The summed E-state index contributed by atoms with van der Waals surface area (Å²) in [7, 11) is 1.57. The number of fused-ring (bicyclic) bond motifs is 1. The highest BCUT2D eigenvalue weighted by Crippen LogP contribution is 2.35. The Hall–Kier alpha value is -3.13. The molecule has 0 bridgehead atoms. The van der Waals surface area contributed by atoms with E-state index in [1.165, 1.54) is 15.9 Å². The van der Waals surface area contributed by atoms with Crippen LogP contribution in [0.15, 0.2) is 66.4 Å². The highest BCUT2D eigenvalue weighted by molar-refractivity contribution is 9.10. The summed E-state index contributed by atoms with van der Waals surface area (Å²) >= 11 is 8.22. The first-order valence-corrected chi connectivity index (χ1v) is 13.6. The molecule has 0 saturated heterocycles. The maximum Gasteiger partial charge on any atom is 0.338 e. The summed E-state index contributed by atoms with van der Waals surface area (Å²) in [4.78, 5) is 32.0. The molecule has 0 fully saturated rings. The number of halogens is 2. The standard InChI is InChI=1S/C27H22Br2N2O5S/c1-5-11-36-20-10-8-18(28)12-17(20)14-22-25(32)31-24(16-7-9-21(34-4)19(29)13-16)23(26(33)35-6-2)15(3)30-27(31)37-22/h1,7-10,12-14,24H,6,11H2,2-4H3/b22-14+/t24-/m1/s1. The smallest absolute Gasteiger partial charge is 0.338 e. The van der Waals surface area contributed by atoms with Crippen LogP contribution in [0.1, 0.15) is 31.0 Å². The SMILES string of the molecule is C#CCOc1ccc(Br)cc1/C=c1/sc2n(c1=O)[C@H](c1ccc(OC)c(Br)c1)C(C(=O)OCC)=C(C)N=2. The second-order valence-corrected chi connectivity index (χ2v) is 10.7. The number of nitrogens with zero attached hydrogens (tertiary/aromatic N) is 2. The molecule has 7 nitrogen and oxygen atoms in total. The topological polar surface area (TPSA) is 79.1 Å². The van der Waals surface area contributed by atoms with E-state index in [0.717, 1.165) is 4.47 Å². The van der Waals surface area contributed by atoms with Crippen LogP contribution >= 0.6 is 43.2 Å². The molecule has 0 radical (unpaired) electrons. The zero-order valence-corrected chi connectivity index (χ0v) is 24.2. The van der Waals surface area contributed by atoms with Crippen molar-refractivity contribution in [1.82, 2.24) is 4.57 Å². The molecular formula is C27H22Br2N2O5S. The molecule has 1 aliphatic heterocycles. The van der Waals surface area contributed by atoms with Gasteiger partial charge in [0.15, 0.2) is 4.80 Å². The molecule has 0 N–H and O–H groups in total. The van der Waals surface area contributed by atoms with Crippen molar-refractivity contribution in [3.8, 4) is 23.8 Å². The van der Waals surface area contributed by atoms with Crippen molar-refractivity contribution in [3.05, 3.63) is 87.4 Å². The number of rotatable bonds is 7. The van der Waals surface area contributed by atoms with E-state index in [9.17, 15) is 9.59 Å². The zero-order chi connectivity index (χ0) is 26.7. The summed E-state index contributed by atoms with van der Waals surface area (Å²) < 4.78 is 19.9. The van der Waals surface area contributed by atoms with E-state index in [1.54, 1.807) is 39.2 Å². The van der Waals surface area contributed by atoms with Crippen LogP contribution in [0.5, 0.6) is 11.5 Å². The fourth-order valence-electron chi connectivity index (χ4n) is 3.98. The van der Waals surface area contributed by atoms with Crippen molar-refractivity contribution in [2.24, 2.45) is 4.99 Å². The number of ether oxygens (including phenoxy) is 3. The van der Waals surface area contributed by atoms with Gasteiger partial charge in [-0.3, -0.25) is 9.36 Å². The lowest BCUT2D eigenvalue weighted by molar-refractivity contribution is -0.139. The third kappa shape index (κ3) is 5.44. The Kier molecular flexibility index (Phi) is 8.37. The maximum atomic E-state index is 13.8. The molecule has 3 aromatic rings. The van der Waals surface area contributed by atoms with Gasteiger partial charge in [0.2, 0.25) is 0 Å². The average molecular weight is 646 g/mol. The van der Waals surface area contributed by atoms with E-state index in [-0.39, 0.29) is 18.8 Å². The summed E-state index contributed by atoms with van der Waals surface area (Å²) in [6.07, 6.45) is 7.10. The van der Waals surface area contributed by atoms with Gasteiger partial charge in [0, 0.05) is 10.0 Å². The summed E-state index contributed by atoms with van der Waals surface area (Å²) in [6.45, 7) is 3.77. The van der Waals surface area contributed by atoms with Crippen LogP contribution in [0, 0.1) is 12.3 Å². The van der Waals surface area contributed by atoms with Crippen LogP contribution in [-0.4, -0.2) is 30.9 Å². The Labute approximate surface area is 234 Å². The van der Waals surface area contributed by atoms with Gasteiger partial charge in [-0.05, 0) is 71.7 Å². The van der Waals surface area contributed by atoms with Gasteiger partial charge in [0.1, 0.15) is 18.1 Å². The van der Waals surface area contributed by atoms with Gasteiger partial charge >= 0.3 is 5.97 Å². The minimum atomic E-state index is -0.737. The molecular weight excluding hydrogens is 624 g/mol. The van der Waals surface area contributed by atoms with Crippen LogP contribution < -0.4 is 24.4 Å². The van der Waals surface area contributed by atoms with Crippen molar-refractivity contribution in [2.45, 2.75) is 19.9 Å². The average Bonchev–Trinajstić information content (AvgIpc) is 3.17.